The SMILES string of the molecule is [CH2]CCOCC1CO1. The second-order valence-electron chi connectivity index (χ2n) is 1.88. The molecule has 0 saturated carbocycles. The fraction of sp³-hybridized carbons (Fsp3) is 0.833. The van der Waals surface area contributed by atoms with Crippen LogP contribution >= 0.6 is 0 Å². The van der Waals surface area contributed by atoms with Gasteiger partial charge < -0.3 is 9.47 Å². The highest BCUT2D eigenvalue weighted by molar-refractivity contribution is 4.66. The van der Waals surface area contributed by atoms with Crippen LogP contribution in [-0.2, 0) is 9.47 Å². The lowest BCUT2D eigenvalue weighted by molar-refractivity contribution is 0.120. The van der Waals surface area contributed by atoms with Crippen LogP contribution in [0.3, 0.4) is 0 Å². The molecule has 1 fully saturated rings. The summed E-state index contributed by atoms with van der Waals surface area (Å²) in [5.41, 5.74) is 0. The van der Waals surface area contributed by atoms with Gasteiger partial charge in [-0.05, 0) is 6.42 Å². The molecule has 0 aromatic heterocycles. The van der Waals surface area contributed by atoms with E-state index >= 15 is 0 Å². The number of hydrogen-bond acceptors (Lipinski definition) is 2. The molecule has 1 radical (unpaired) electrons. The summed E-state index contributed by atoms with van der Waals surface area (Å²) < 4.78 is 10.0. The monoisotopic (exact) mass is 115 g/mol. The first kappa shape index (κ1) is 6.05. The van der Waals surface area contributed by atoms with Crippen LogP contribution in [0.4, 0.5) is 0 Å². The van der Waals surface area contributed by atoms with E-state index in [9.17, 15) is 0 Å². The van der Waals surface area contributed by atoms with Gasteiger partial charge in [-0.15, -0.1) is 0 Å². The van der Waals surface area contributed by atoms with Crippen LogP contribution < -0.4 is 0 Å². The number of hydrogen-bond donors (Lipinski definition) is 0. The van der Waals surface area contributed by atoms with Crippen LogP contribution in [-0.4, -0.2) is 25.9 Å². The Kier molecular flexibility index (Phi) is 2.30. The minimum atomic E-state index is 0.404. The van der Waals surface area contributed by atoms with Gasteiger partial charge in [0.25, 0.3) is 0 Å². The summed E-state index contributed by atoms with van der Waals surface area (Å²) in [5.74, 6) is 0. The first-order valence-electron chi connectivity index (χ1n) is 2.92. The van der Waals surface area contributed by atoms with Crippen LogP contribution in [0.25, 0.3) is 0 Å². The van der Waals surface area contributed by atoms with Crippen molar-refractivity contribution in [2.24, 2.45) is 0 Å². The van der Waals surface area contributed by atoms with Crippen LogP contribution in [0.5, 0.6) is 0 Å². The maximum atomic E-state index is 5.12. The molecular formula is C6H11O2. The van der Waals surface area contributed by atoms with E-state index in [1.165, 1.54) is 0 Å². The quantitative estimate of drug-likeness (QED) is 0.396. The summed E-state index contributed by atoms with van der Waals surface area (Å²) in [7, 11) is 0. The van der Waals surface area contributed by atoms with Crippen molar-refractivity contribution >= 4 is 0 Å². The van der Waals surface area contributed by atoms with E-state index in [0.29, 0.717) is 6.10 Å². The summed E-state index contributed by atoms with van der Waals surface area (Å²) in [4.78, 5) is 0. The van der Waals surface area contributed by atoms with Crippen molar-refractivity contribution in [2.75, 3.05) is 19.8 Å². The van der Waals surface area contributed by atoms with Crippen molar-refractivity contribution < 1.29 is 9.47 Å². The van der Waals surface area contributed by atoms with E-state index in [4.69, 9.17) is 9.47 Å². The van der Waals surface area contributed by atoms with Gasteiger partial charge in [-0.2, -0.15) is 0 Å². The van der Waals surface area contributed by atoms with E-state index in [1.54, 1.807) is 0 Å². The minimum absolute atomic E-state index is 0.404. The average Bonchev–Trinajstić information content (AvgIpc) is 2.51. The molecule has 1 aliphatic rings. The van der Waals surface area contributed by atoms with Crippen LogP contribution in [0.1, 0.15) is 6.42 Å². The molecule has 1 atom stereocenters. The van der Waals surface area contributed by atoms with Gasteiger partial charge in [0.15, 0.2) is 0 Å². The third kappa shape index (κ3) is 2.28. The molecule has 8 heavy (non-hydrogen) atoms. The smallest absolute Gasteiger partial charge is 0.104 e. The summed E-state index contributed by atoms with van der Waals surface area (Å²) in [6.07, 6.45) is 1.26. The molecule has 0 aromatic rings. The summed E-state index contributed by atoms with van der Waals surface area (Å²) in [6.45, 7) is 6.05. The Hall–Kier alpha value is -0.0800. The molecule has 0 N–H and O–H groups in total. The molecule has 0 aromatic carbocycles. The first-order valence-corrected chi connectivity index (χ1v) is 2.92. The van der Waals surface area contributed by atoms with E-state index in [1.807, 2.05) is 0 Å². The van der Waals surface area contributed by atoms with Crippen LogP contribution in [0, 0.1) is 6.92 Å². The van der Waals surface area contributed by atoms with Crippen LogP contribution in [0.15, 0.2) is 0 Å². The molecule has 0 bridgehead atoms. The number of epoxide rings is 1. The first-order chi connectivity index (χ1) is 3.93. The van der Waals surface area contributed by atoms with Crippen molar-refractivity contribution in [3.8, 4) is 0 Å². The molecule has 0 amide bonds. The lowest BCUT2D eigenvalue weighted by atomic mass is 10.5. The van der Waals surface area contributed by atoms with E-state index in [0.717, 1.165) is 26.2 Å². The normalized spacial score (nSPS) is 25.9. The second-order valence-corrected chi connectivity index (χ2v) is 1.88. The predicted octanol–water partition coefficient (Wildman–Crippen LogP) is 0.626. The van der Waals surface area contributed by atoms with Crippen molar-refractivity contribution in [2.45, 2.75) is 12.5 Å². The van der Waals surface area contributed by atoms with E-state index in [-0.39, 0.29) is 0 Å². The standard InChI is InChI=1S/C6H11O2/c1-2-3-7-4-6-5-8-6/h6H,1-5H2. The average molecular weight is 115 g/mol. The second kappa shape index (κ2) is 3.05. The molecule has 1 aliphatic heterocycles. The zero-order valence-electron chi connectivity index (χ0n) is 4.93. The van der Waals surface area contributed by atoms with Gasteiger partial charge in [0.1, 0.15) is 6.10 Å². The molecule has 1 saturated heterocycles. The molecule has 47 valence electrons. The molecule has 1 heterocycles. The van der Waals surface area contributed by atoms with Gasteiger partial charge >= 0.3 is 0 Å². The molecule has 1 rings (SSSR count). The van der Waals surface area contributed by atoms with Crippen LogP contribution in [0.2, 0.25) is 0 Å². The van der Waals surface area contributed by atoms with Crippen molar-refractivity contribution in [3.63, 3.8) is 0 Å². The molecule has 2 heteroatoms. The Morgan fingerprint density at radius 2 is 2.50 bits per heavy atom. The van der Waals surface area contributed by atoms with E-state index < -0.39 is 0 Å². The van der Waals surface area contributed by atoms with Gasteiger partial charge in [-0.3, -0.25) is 0 Å². The highest BCUT2D eigenvalue weighted by Crippen LogP contribution is 2.08. The number of rotatable bonds is 4. The Balaban J connectivity index is 1.74. The zero-order valence-corrected chi connectivity index (χ0v) is 4.93. The molecule has 2 nitrogen and oxygen atoms in total. The fourth-order valence-electron chi connectivity index (χ4n) is 0.481. The highest BCUT2D eigenvalue weighted by atomic mass is 16.6. The van der Waals surface area contributed by atoms with Gasteiger partial charge in [0, 0.05) is 6.61 Å². The Labute approximate surface area is 49.8 Å². The maximum Gasteiger partial charge on any atom is 0.104 e. The third-order valence-corrected chi connectivity index (χ3v) is 0.995. The minimum Gasteiger partial charge on any atom is -0.379 e. The Morgan fingerprint density at radius 1 is 1.75 bits per heavy atom. The molecule has 0 aliphatic carbocycles. The fourth-order valence-corrected chi connectivity index (χ4v) is 0.481. The number of ether oxygens (including phenoxy) is 2. The Morgan fingerprint density at radius 3 is 3.00 bits per heavy atom. The lowest BCUT2D eigenvalue weighted by Crippen LogP contribution is -2.01. The zero-order chi connectivity index (χ0) is 5.82. The Bertz CT molecular complexity index is 59.5. The topological polar surface area (TPSA) is 21.8 Å². The molecule has 0 spiro atoms. The predicted molar refractivity (Wildman–Crippen MR) is 30.5 cm³/mol. The largest absolute Gasteiger partial charge is 0.379 e. The lowest BCUT2D eigenvalue weighted by Gasteiger charge is -1.95. The van der Waals surface area contributed by atoms with Gasteiger partial charge in [0.05, 0.1) is 13.2 Å². The van der Waals surface area contributed by atoms with Gasteiger partial charge in [0.2, 0.25) is 0 Å². The van der Waals surface area contributed by atoms with Crippen molar-refractivity contribution in [1.29, 1.82) is 0 Å². The summed E-state index contributed by atoms with van der Waals surface area (Å²) in [6, 6.07) is 0. The van der Waals surface area contributed by atoms with E-state index in [2.05, 4.69) is 6.92 Å². The molecular weight excluding hydrogens is 104 g/mol. The van der Waals surface area contributed by atoms with Crippen molar-refractivity contribution in [3.05, 3.63) is 6.92 Å². The third-order valence-electron chi connectivity index (χ3n) is 0.995. The molecule has 1 unspecified atom stereocenters. The highest BCUT2D eigenvalue weighted by Gasteiger charge is 2.21. The summed E-state index contributed by atoms with van der Waals surface area (Å²) in [5, 5.41) is 0. The van der Waals surface area contributed by atoms with Gasteiger partial charge in [-0.1, -0.05) is 6.92 Å². The van der Waals surface area contributed by atoms with Crippen molar-refractivity contribution in [1.82, 2.24) is 0 Å². The maximum absolute atomic E-state index is 5.12. The summed E-state index contributed by atoms with van der Waals surface area (Å²) >= 11 is 0. The van der Waals surface area contributed by atoms with Gasteiger partial charge in [-0.25, -0.2) is 0 Å².